The highest BCUT2D eigenvalue weighted by atomic mass is 19.1. The van der Waals surface area contributed by atoms with Gasteiger partial charge in [-0.25, -0.2) is 14.4 Å². The van der Waals surface area contributed by atoms with Crippen molar-refractivity contribution in [2.75, 3.05) is 18.0 Å². The number of piperidine rings is 1. The van der Waals surface area contributed by atoms with Crippen LogP contribution in [0.5, 0.6) is 0 Å². The molecule has 4 aromatic rings. The lowest BCUT2D eigenvalue weighted by atomic mass is 9.85. The highest BCUT2D eigenvalue weighted by Crippen LogP contribution is 2.46. The fraction of sp³-hybridized carbons (Fsp3) is 0.273. The van der Waals surface area contributed by atoms with Crippen molar-refractivity contribution in [3.8, 4) is 11.3 Å². The van der Waals surface area contributed by atoms with Crippen LogP contribution < -0.4 is 4.90 Å². The molecule has 6 rings (SSSR count). The number of fused-ring (bicyclic) bond motifs is 4. The Balaban J connectivity index is 1.28. The van der Waals surface area contributed by atoms with E-state index in [1.54, 1.807) is 12.1 Å². The molecule has 1 atom stereocenters. The van der Waals surface area contributed by atoms with E-state index in [1.807, 2.05) is 36.8 Å². The van der Waals surface area contributed by atoms with Gasteiger partial charge in [0.1, 0.15) is 5.82 Å². The summed E-state index contributed by atoms with van der Waals surface area (Å²) in [5.74, 6) is 1.21. The third kappa shape index (κ3) is 2.24. The number of anilines is 1. The molecule has 1 fully saturated rings. The van der Waals surface area contributed by atoms with Crippen molar-refractivity contribution in [2.45, 2.75) is 18.9 Å². The van der Waals surface area contributed by atoms with Crippen molar-refractivity contribution in [1.29, 1.82) is 0 Å². The van der Waals surface area contributed by atoms with Crippen LogP contribution in [0, 0.1) is 11.7 Å². The van der Waals surface area contributed by atoms with Gasteiger partial charge >= 0.3 is 0 Å². The normalized spacial score (nSPS) is 19.2. The number of halogens is 1. The fourth-order valence-corrected chi connectivity index (χ4v) is 4.91. The summed E-state index contributed by atoms with van der Waals surface area (Å²) >= 11 is 0. The molecule has 4 heterocycles. The standard InChI is InChI=1S/C22H20FN5/c23-16-5-3-4-15-19-12-24-13-28(19)21(20(15)16)14-8-10-27(11-9-14)22-25-17-6-1-2-7-18(17)26-22/h1-7,12-14,21H,8-11H2,(H,25,26). The lowest BCUT2D eigenvalue weighted by molar-refractivity contribution is 0.310. The molecule has 0 bridgehead atoms. The number of imidazole rings is 2. The van der Waals surface area contributed by atoms with Gasteiger partial charge in [0.25, 0.3) is 0 Å². The summed E-state index contributed by atoms with van der Waals surface area (Å²) in [6, 6.07) is 13.5. The van der Waals surface area contributed by atoms with Gasteiger partial charge < -0.3 is 14.5 Å². The molecule has 2 aliphatic heterocycles. The number of aromatic amines is 1. The second-order valence-corrected chi connectivity index (χ2v) is 7.73. The minimum atomic E-state index is -0.106. The van der Waals surface area contributed by atoms with Crippen molar-refractivity contribution in [2.24, 2.45) is 5.92 Å². The molecule has 1 unspecified atom stereocenters. The number of para-hydroxylation sites is 2. The van der Waals surface area contributed by atoms with E-state index in [0.29, 0.717) is 5.92 Å². The van der Waals surface area contributed by atoms with Crippen molar-refractivity contribution >= 4 is 17.0 Å². The number of hydrogen-bond donors (Lipinski definition) is 1. The summed E-state index contributed by atoms with van der Waals surface area (Å²) in [6.45, 7) is 1.82. The molecule has 1 saturated heterocycles. The van der Waals surface area contributed by atoms with Crippen LogP contribution in [0.1, 0.15) is 24.4 Å². The molecule has 28 heavy (non-hydrogen) atoms. The molecule has 0 aliphatic carbocycles. The Bertz CT molecular complexity index is 1140. The maximum absolute atomic E-state index is 14.7. The van der Waals surface area contributed by atoms with E-state index >= 15 is 0 Å². The van der Waals surface area contributed by atoms with Gasteiger partial charge in [-0.2, -0.15) is 0 Å². The molecule has 140 valence electrons. The summed E-state index contributed by atoms with van der Waals surface area (Å²) in [6.07, 6.45) is 5.69. The van der Waals surface area contributed by atoms with E-state index < -0.39 is 0 Å². The van der Waals surface area contributed by atoms with E-state index in [-0.39, 0.29) is 11.9 Å². The molecule has 2 aromatic carbocycles. The molecule has 2 aromatic heterocycles. The Kier molecular flexibility index (Phi) is 3.36. The Hall–Kier alpha value is -3.15. The number of nitrogens with zero attached hydrogens (tertiary/aromatic N) is 4. The van der Waals surface area contributed by atoms with Crippen LogP contribution in [-0.2, 0) is 0 Å². The molecular weight excluding hydrogens is 353 g/mol. The molecule has 6 heteroatoms. The van der Waals surface area contributed by atoms with Crippen molar-refractivity contribution in [3.63, 3.8) is 0 Å². The second kappa shape index (κ2) is 5.92. The quantitative estimate of drug-likeness (QED) is 0.567. The summed E-state index contributed by atoms with van der Waals surface area (Å²) in [7, 11) is 0. The Morgan fingerprint density at radius 3 is 2.75 bits per heavy atom. The summed E-state index contributed by atoms with van der Waals surface area (Å²) in [5, 5.41) is 0. The highest BCUT2D eigenvalue weighted by Gasteiger charge is 2.38. The van der Waals surface area contributed by atoms with Crippen molar-refractivity contribution < 1.29 is 4.39 Å². The first kappa shape index (κ1) is 15.9. The van der Waals surface area contributed by atoms with Gasteiger partial charge in [0.05, 0.1) is 35.3 Å². The van der Waals surface area contributed by atoms with Crippen LogP contribution in [0.15, 0.2) is 55.0 Å². The predicted molar refractivity (Wildman–Crippen MR) is 107 cm³/mol. The maximum Gasteiger partial charge on any atom is 0.203 e. The molecular formula is C22H20FN5. The average molecular weight is 373 g/mol. The third-order valence-electron chi connectivity index (χ3n) is 6.25. The summed E-state index contributed by atoms with van der Waals surface area (Å²) in [5.41, 5.74) is 4.91. The van der Waals surface area contributed by atoms with Crippen LogP contribution in [0.3, 0.4) is 0 Å². The van der Waals surface area contributed by atoms with Gasteiger partial charge in [-0.05, 0) is 37.0 Å². The predicted octanol–water partition coefficient (Wildman–Crippen LogP) is 4.38. The second-order valence-electron chi connectivity index (χ2n) is 7.73. The van der Waals surface area contributed by atoms with Gasteiger partial charge in [-0.15, -0.1) is 0 Å². The van der Waals surface area contributed by atoms with Gasteiger partial charge in [-0.3, -0.25) is 0 Å². The molecule has 0 spiro atoms. The molecule has 1 N–H and O–H groups in total. The van der Waals surface area contributed by atoms with Gasteiger partial charge in [0.15, 0.2) is 0 Å². The number of hydrogen-bond acceptors (Lipinski definition) is 3. The van der Waals surface area contributed by atoms with Gasteiger partial charge in [-0.1, -0.05) is 24.3 Å². The molecule has 5 nitrogen and oxygen atoms in total. The Labute approximate surface area is 161 Å². The van der Waals surface area contributed by atoms with Crippen LogP contribution in [0.4, 0.5) is 10.3 Å². The maximum atomic E-state index is 14.7. The topological polar surface area (TPSA) is 49.7 Å². The zero-order valence-electron chi connectivity index (χ0n) is 15.3. The molecule has 2 aliphatic rings. The number of H-pyrrole nitrogens is 1. The van der Waals surface area contributed by atoms with Crippen LogP contribution in [0.25, 0.3) is 22.3 Å². The first-order chi connectivity index (χ1) is 13.8. The van der Waals surface area contributed by atoms with Gasteiger partial charge in [0, 0.05) is 24.2 Å². The highest BCUT2D eigenvalue weighted by molar-refractivity contribution is 5.77. The van der Waals surface area contributed by atoms with Crippen LogP contribution >= 0.6 is 0 Å². The van der Waals surface area contributed by atoms with Gasteiger partial charge in [0.2, 0.25) is 5.95 Å². The smallest absolute Gasteiger partial charge is 0.203 e. The van der Waals surface area contributed by atoms with E-state index in [2.05, 4.69) is 25.5 Å². The fourth-order valence-electron chi connectivity index (χ4n) is 4.91. The summed E-state index contributed by atoms with van der Waals surface area (Å²) in [4.78, 5) is 14.8. The van der Waals surface area contributed by atoms with Crippen molar-refractivity contribution in [1.82, 2.24) is 19.5 Å². The lowest BCUT2D eigenvalue weighted by Crippen LogP contribution is -2.37. The summed E-state index contributed by atoms with van der Waals surface area (Å²) < 4.78 is 16.9. The number of aromatic nitrogens is 4. The first-order valence-corrected chi connectivity index (χ1v) is 9.80. The third-order valence-corrected chi connectivity index (χ3v) is 6.25. The van der Waals surface area contributed by atoms with Crippen LogP contribution in [0.2, 0.25) is 0 Å². The first-order valence-electron chi connectivity index (χ1n) is 9.80. The van der Waals surface area contributed by atoms with Crippen molar-refractivity contribution in [3.05, 3.63) is 66.4 Å². The molecule has 0 saturated carbocycles. The number of benzene rings is 2. The van der Waals surface area contributed by atoms with Crippen LogP contribution in [-0.4, -0.2) is 32.6 Å². The molecule has 0 radical (unpaired) electrons. The molecule has 0 amide bonds. The zero-order valence-corrected chi connectivity index (χ0v) is 15.3. The largest absolute Gasteiger partial charge is 0.342 e. The Morgan fingerprint density at radius 1 is 1.04 bits per heavy atom. The van der Waals surface area contributed by atoms with E-state index in [1.165, 1.54) is 0 Å². The number of rotatable bonds is 2. The minimum absolute atomic E-state index is 0.0338. The zero-order chi connectivity index (χ0) is 18.7. The lowest BCUT2D eigenvalue weighted by Gasteiger charge is -2.35. The number of nitrogens with one attached hydrogen (secondary N) is 1. The monoisotopic (exact) mass is 373 g/mol. The average Bonchev–Trinajstić information content (AvgIpc) is 3.42. The minimum Gasteiger partial charge on any atom is -0.342 e. The van der Waals surface area contributed by atoms with E-state index in [4.69, 9.17) is 4.98 Å². The van der Waals surface area contributed by atoms with E-state index in [0.717, 1.165) is 59.7 Å². The SMILES string of the molecule is Fc1cccc2c1C(C1CCN(c3nc4ccccc4[nH]3)CC1)n1cncc1-2. The van der Waals surface area contributed by atoms with E-state index in [9.17, 15) is 4.39 Å². The Morgan fingerprint density at radius 2 is 1.89 bits per heavy atom.